The lowest BCUT2D eigenvalue weighted by Gasteiger charge is -2.51. The molecule has 0 bridgehead atoms. The number of allylic oxidation sites excluding steroid dienone is 6. The fourth-order valence-corrected chi connectivity index (χ4v) is 8.42. The van der Waals surface area contributed by atoms with Gasteiger partial charge in [0.1, 0.15) is 0 Å². The molecule has 3 fully saturated rings. The molecule has 5 aliphatic rings. The van der Waals surface area contributed by atoms with Crippen LogP contribution < -0.4 is 0 Å². The highest BCUT2D eigenvalue weighted by molar-refractivity contribution is 5.46. The van der Waals surface area contributed by atoms with Gasteiger partial charge >= 0.3 is 0 Å². The Hall–Kier alpha value is -0.780. The van der Waals surface area contributed by atoms with Crippen molar-refractivity contribution in [2.45, 2.75) is 86.5 Å². The summed E-state index contributed by atoms with van der Waals surface area (Å²) in [7, 11) is 0. The van der Waals surface area contributed by atoms with Crippen LogP contribution in [0, 0.1) is 51.8 Å². The summed E-state index contributed by atoms with van der Waals surface area (Å²) in [6.45, 7) is 14.9. The van der Waals surface area contributed by atoms with Crippen LogP contribution in [0.1, 0.15) is 86.5 Å². The molecular weight excluding hydrogens is 336 g/mol. The van der Waals surface area contributed by atoms with E-state index in [4.69, 9.17) is 0 Å². The molecule has 0 amide bonds. The standard InChI is InChI=1S/C28H42/c1-18(2)19(3)7-8-20(4)23-9-10-24-22-12-16-28-17-21(28)11-15-27(28,6)25(22)13-14-26(23,24)5/h7-8,12,16,18-21,23,25H,9-11,13-15,17H2,1-6H3/b8-7-/t19-,20+,21+,23+,25-,26-,27-,28+/m1/s1. The lowest BCUT2D eigenvalue weighted by molar-refractivity contribution is 0.0893. The summed E-state index contributed by atoms with van der Waals surface area (Å²) in [6, 6.07) is 0. The van der Waals surface area contributed by atoms with E-state index in [1.807, 2.05) is 11.1 Å². The van der Waals surface area contributed by atoms with Gasteiger partial charge in [-0.15, -0.1) is 0 Å². The van der Waals surface area contributed by atoms with Crippen LogP contribution in [0.2, 0.25) is 0 Å². The third-order valence-corrected chi connectivity index (χ3v) is 10.9. The van der Waals surface area contributed by atoms with Crippen molar-refractivity contribution in [1.82, 2.24) is 0 Å². The number of hydrogen-bond acceptors (Lipinski definition) is 0. The maximum atomic E-state index is 2.70. The fraction of sp³-hybridized carbons (Fsp3) is 0.786. The summed E-state index contributed by atoms with van der Waals surface area (Å²) < 4.78 is 0. The molecule has 1 spiro atoms. The van der Waals surface area contributed by atoms with Crippen LogP contribution in [0.15, 0.2) is 35.5 Å². The Morgan fingerprint density at radius 3 is 2.50 bits per heavy atom. The SMILES string of the molecule is CC(C)[C@H](C)/C=C\[C@H](C)[C@@H]1CCC2=C3C=C[C@]45C[C@@H]4CC[C@]5(C)[C@@H]3CC[C@@]21C. The summed E-state index contributed by atoms with van der Waals surface area (Å²) >= 11 is 0. The van der Waals surface area contributed by atoms with Crippen molar-refractivity contribution in [3.8, 4) is 0 Å². The summed E-state index contributed by atoms with van der Waals surface area (Å²) in [4.78, 5) is 0. The average Bonchev–Trinajstić information content (AvgIpc) is 3.14. The van der Waals surface area contributed by atoms with E-state index in [1.165, 1.54) is 44.9 Å². The minimum atomic E-state index is 0.448. The molecule has 3 saturated carbocycles. The summed E-state index contributed by atoms with van der Waals surface area (Å²) in [5.41, 5.74) is 5.32. The molecule has 0 heteroatoms. The van der Waals surface area contributed by atoms with Crippen LogP contribution in [0.5, 0.6) is 0 Å². The topological polar surface area (TPSA) is 0 Å². The van der Waals surface area contributed by atoms with Gasteiger partial charge in [-0.2, -0.15) is 0 Å². The second-order valence-electron chi connectivity index (χ2n) is 12.2. The summed E-state index contributed by atoms with van der Waals surface area (Å²) in [5.74, 6) is 4.86. The molecule has 5 rings (SSSR count). The van der Waals surface area contributed by atoms with E-state index in [0.29, 0.717) is 28.1 Å². The summed E-state index contributed by atoms with van der Waals surface area (Å²) in [6.07, 6.45) is 20.5. The van der Waals surface area contributed by atoms with E-state index in [0.717, 1.165) is 23.7 Å². The van der Waals surface area contributed by atoms with E-state index in [9.17, 15) is 0 Å². The van der Waals surface area contributed by atoms with Crippen molar-refractivity contribution in [2.75, 3.05) is 0 Å². The van der Waals surface area contributed by atoms with Crippen LogP contribution >= 0.6 is 0 Å². The van der Waals surface area contributed by atoms with E-state index in [1.54, 1.807) is 0 Å². The van der Waals surface area contributed by atoms with Gasteiger partial charge in [0.2, 0.25) is 0 Å². The van der Waals surface area contributed by atoms with Crippen LogP contribution in [-0.4, -0.2) is 0 Å². The normalized spacial score (nSPS) is 48.5. The van der Waals surface area contributed by atoms with Crippen molar-refractivity contribution in [1.29, 1.82) is 0 Å². The van der Waals surface area contributed by atoms with Crippen LogP contribution in [-0.2, 0) is 0 Å². The Labute approximate surface area is 173 Å². The van der Waals surface area contributed by atoms with Crippen LogP contribution in [0.25, 0.3) is 0 Å². The van der Waals surface area contributed by atoms with Crippen molar-refractivity contribution >= 4 is 0 Å². The molecule has 0 heterocycles. The molecule has 0 aromatic carbocycles. The molecule has 28 heavy (non-hydrogen) atoms. The molecule has 0 N–H and O–H groups in total. The maximum Gasteiger partial charge on any atom is -0.00239 e. The number of fused-ring (bicyclic) bond motifs is 3. The zero-order valence-electron chi connectivity index (χ0n) is 19.2. The van der Waals surface area contributed by atoms with E-state index in [2.05, 4.69) is 65.8 Å². The van der Waals surface area contributed by atoms with Gasteiger partial charge in [-0.05, 0) is 102 Å². The van der Waals surface area contributed by atoms with Gasteiger partial charge in [0.05, 0.1) is 0 Å². The third-order valence-electron chi connectivity index (χ3n) is 10.9. The predicted molar refractivity (Wildman–Crippen MR) is 120 cm³/mol. The molecule has 0 saturated heterocycles. The second kappa shape index (κ2) is 6.12. The van der Waals surface area contributed by atoms with Gasteiger partial charge in [0, 0.05) is 0 Å². The largest absolute Gasteiger partial charge is 0.0852 e. The molecule has 154 valence electrons. The van der Waals surface area contributed by atoms with Crippen molar-refractivity contribution in [3.63, 3.8) is 0 Å². The fourth-order valence-electron chi connectivity index (χ4n) is 8.42. The molecule has 0 radical (unpaired) electrons. The van der Waals surface area contributed by atoms with Gasteiger partial charge < -0.3 is 0 Å². The first-order chi connectivity index (χ1) is 13.2. The van der Waals surface area contributed by atoms with Crippen LogP contribution in [0.4, 0.5) is 0 Å². The highest BCUT2D eigenvalue weighted by atomic mass is 14.7. The van der Waals surface area contributed by atoms with E-state index in [-0.39, 0.29) is 0 Å². The lowest BCUT2D eigenvalue weighted by atomic mass is 9.53. The molecule has 0 aromatic rings. The Kier molecular flexibility index (Phi) is 4.19. The smallest absolute Gasteiger partial charge is 0.00239 e. The second-order valence-corrected chi connectivity index (χ2v) is 12.2. The quantitative estimate of drug-likeness (QED) is 0.435. The highest BCUT2D eigenvalue weighted by Crippen LogP contribution is 2.79. The number of hydrogen-bond donors (Lipinski definition) is 0. The molecule has 8 atom stereocenters. The zero-order valence-corrected chi connectivity index (χ0v) is 19.2. The third kappa shape index (κ3) is 2.36. The van der Waals surface area contributed by atoms with Gasteiger partial charge in [0.15, 0.2) is 0 Å². The van der Waals surface area contributed by atoms with Gasteiger partial charge in [-0.25, -0.2) is 0 Å². The predicted octanol–water partition coefficient (Wildman–Crippen LogP) is 7.97. The van der Waals surface area contributed by atoms with E-state index >= 15 is 0 Å². The van der Waals surface area contributed by atoms with E-state index < -0.39 is 0 Å². The minimum absolute atomic E-state index is 0.448. The molecule has 0 aromatic heterocycles. The first-order valence-corrected chi connectivity index (χ1v) is 12.3. The van der Waals surface area contributed by atoms with Gasteiger partial charge in [-0.3, -0.25) is 0 Å². The van der Waals surface area contributed by atoms with Crippen molar-refractivity contribution < 1.29 is 0 Å². The minimum Gasteiger partial charge on any atom is -0.0852 e. The number of rotatable bonds is 4. The van der Waals surface area contributed by atoms with Crippen molar-refractivity contribution in [2.24, 2.45) is 51.8 Å². The highest BCUT2D eigenvalue weighted by Gasteiger charge is 2.71. The lowest BCUT2D eigenvalue weighted by Crippen LogP contribution is -2.42. The first kappa shape index (κ1) is 19.2. The van der Waals surface area contributed by atoms with Crippen LogP contribution in [0.3, 0.4) is 0 Å². The first-order valence-electron chi connectivity index (χ1n) is 12.3. The molecule has 0 aliphatic heterocycles. The Balaban J connectivity index is 1.45. The monoisotopic (exact) mass is 378 g/mol. The Bertz CT molecular complexity index is 750. The molecule has 0 nitrogen and oxygen atoms in total. The zero-order chi connectivity index (χ0) is 19.9. The Morgan fingerprint density at radius 1 is 1.00 bits per heavy atom. The van der Waals surface area contributed by atoms with Gasteiger partial charge in [-0.1, -0.05) is 71.4 Å². The summed E-state index contributed by atoms with van der Waals surface area (Å²) in [5, 5.41) is 0. The molecule has 0 unspecified atom stereocenters. The Morgan fingerprint density at radius 2 is 1.79 bits per heavy atom. The maximum absolute atomic E-state index is 2.70. The van der Waals surface area contributed by atoms with Gasteiger partial charge in [0.25, 0.3) is 0 Å². The molecule has 5 aliphatic carbocycles. The van der Waals surface area contributed by atoms with Crippen molar-refractivity contribution in [3.05, 3.63) is 35.5 Å². The molecular formula is C28H42. The average molecular weight is 379 g/mol.